The average Bonchev–Trinajstić information content (AvgIpc) is 2.22. The molecular formula is C6H8O3. The Hall–Kier alpha value is -0.570. The molecule has 2 heterocycles. The molecule has 0 amide bonds. The number of carbonyl (C=O) groups excluding carboxylic acids is 1. The van der Waals surface area contributed by atoms with Crippen LogP contribution in [0.25, 0.3) is 0 Å². The number of hydrogen-bond acceptors (Lipinski definition) is 3. The highest BCUT2D eigenvalue weighted by Crippen LogP contribution is 2.31. The minimum absolute atomic E-state index is 0.107. The van der Waals surface area contributed by atoms with Gasteiger partial charge in [-0.2, -0.15) is 0 Å². The second kappa shape index (κ2) is 1.70. The first kappa shape index (κ1) is 5.23. The molecule has 9 heavy (non-hydrogen) atoms. The number of hydrogen-bond donors (Lipinski definition) is 0. The van der Waals surface area contributed by atoms with Gasteiger partial charge in [-0.05, 0) is 6.42 Å². The molecule has 50 valence electrons. The minimum atomic E-state index is -0.197. The van der Waals surface area contributed by atoms with E-state index in [1.807, 2.05) is 0 Å². The van der Waals surface area contributed by atoms with Crippen molar-refractivity contribution in [2.24, 2.45) is 5.92 Å². The van der Waals surface area contributed by atoms with Crippen molar-refractivity contribution in [3.63, 3.8) is 0 Å². The Morgan fingerprint density at radius 3 is 3.22 bits per heavy atom. The molecule has 0 aliphatic carbocycles. The molecule has 2 fully saturated rings. The zero-order chi connectivity index (χ0) is 6.27. The SMILES string of the molecule is O=C1CC2CCOC2O1. The summed E-state index contributed by atoms with van der Waals surface area (Å²) in [5.41, 5.74) is 0. The van der Waals surface area contributed by atoms with Crippen LogP contribution in [-0.2, 0) is 14.3 Å². The van der Waals surface area contributed by atoms with Gasteiger partial charge in [-0.1, -0.05) is 0 Å². The molecule has 2 atom stereocenters. The molecular weight excluding hydrogens is 120 g/mol. The molecule has 0 aromatic heterocycles. The van der Waals surface area contributed by atoms with Crippen LogP contribution < -0.4 is 0 Å². The smallest absolute Gasteiger partial charge is 0.308 e. The molecule has 3 heteroatoms. The summed E-state index contributed by atoms with van der Waals surface area (Å²) in [6.45, 7) is 0.753. The third-order valence-electron chi connectivity index (χ3n) is 1.83. The first-order chi connectivity index (χ1) is 4.36. The molecule has 0 aromatic carbocycles. The van der Waals surface area contributed by atoms with E-state index >= 15 is 0 Å². The lowest BCUT2D eigenvalue weighted by Gasteiger charge is -2.03. The van der Waals surface area contributed by atoms with Gasteiger partial charge in [-0.3, -0.25) is 4.79 Å². The summed E-state index contributed by atoms with van der Waals surface area (Å²) in [5.74, 6) is 0.252. The zero-order valence-corrected chi connectivity index (χ0v) is 5.00. The van der Waals surface area contributed by atoms with Crippen LogP contribution in [0.2, 0.25) is 0 Å². The van der Waals surface area contributed by atoms with Crippen LogP contribution in [0, 0.1) is 5.92 Å². The van der Waals surface area contributed by atoms with Gasteiger partial charge in [0.25, 0.3) is 0 Å². The maximum atomic E-state index is 10.6. The van der Waals surface area contributed by atoms with Crippen molar-refractivity contribution in [1.29, 1.82) is 0 Å². The van der Waals surface area contributed by atoms with Gasteiger partial charge < -0.3 is 9.47 Å². The third-order valence-corrected chi connectivity index (χ3v) is 1.83. The van der Waals surface area contributed by atoms with E-state index in [2.05, 4.69) is 0 Å². The molecule has 0 aromatic rings. The van der Waals surface area contributed by atoms with Crippen LogP contribution in [0.5, 0.6) is 0 Å². The van der Waals surface area contributed by atoms with E-state index in [1.54, 1.807) is 0 Å². The lowest BCUT2D eigenvalue weighted by Crippen LogP contribution is -2.09. The van der Waals surface area contributed by atoms with Gasteiger partial charge in [0.2, 0.25) is 6.29 Å². The number of fused-ring (bicyclic) bond motifs is 1. The second-order valence-electron chi connectivity index (χ2n) is 2.48. The Balaban J connectivity index is 2.09. The third kappa shape index (κ3) is 0.721. The number of rotatable bonds is 0. The van der Waals surface area contributed by atoms with Crippen molar-refractivity contribution in [1.82, 2.24) is 0 Å². The summed E-state index contributed by atoms with van der Waals surface area (Å²) < 4.78 is 9.93. The Labute approximate surface area is 52.9 Å². The summed E-state index contributed by atoms with van der Waals surface area (Å²) in [5, 5.41) is 0. The van der Waals surface area contributed by atoms with Gasteiger partial charge in [0.15, 0.2) is 0 Å². The van der Waals surface area contributed by atoms with E-state index in [0.29, 0.717) is 12.3 Å². The van der Waals surface area contributed by atoms with E-state index < -0.39 is 0 Å². The number of carbonyl (C=O) groups is 1. The van der Waals surface area contributed by atoms with Crippen molar-refractivity contribution in [2.45, 2.75) is 19.1 Å². The summed E-state index contributed by atoms with van der Waals surface area (Å²) in [6, 6.07) is 0. The molecule has 2 rings (SSSR count). The predicted octanol–water partition coefficient (Wildman–Crippen LogP) is 0.296. The van der Waals surface area contributed by atoms with Crippen LogP contribution in [0.4, 0.5) is 0 Å². The number of esters is 1. The van der Waals surface area contributed by atoms with Crippen molar-refractivity contribution in [3.8, 4) is 0 Å². The van der Waals surface area contributed by atoms with Gasteiger partial charge in [0.1, 0.15) is 0 Å². The van der Waals surface area contributed by atoms with Crippen LogP contribution in [0.1, 0.15) is 12.8 Å². The fourth-order valence-electron chi connectivity index (χ4n) is 1.33. The lowest BCUT2D eigenvalue weighted by atomic mass is 10.1. The van der Waals surface area contributed by atoms with Gasteiger partial charge in [-0.25, -0.2) is 0 Å². The molecule has 0 saturated carbocycles. The highest BCUT2D eigenvalue weighted by atomic mass is 16.7. The Morgan fingerprint density at radius 1 is 1.56 bits per heavy atom. The molecule has 2 unspecified atom stereocenters. The average molecular weight is 128 g/mol. The van der Waals surface area contributed by atoms with Crippen LogP contribution in [0.3, 0.4) is 0 Å². The van der Waals surface area contributed by atoms with Crippen LogP contribution in [0.15, 0.2) is 0 Å². The Bertz CT molecular complexity index is 129. The molecule has 2 aliphatic rings. The number of ether oxygens (including phenoxy) is 2. The Kier molecular flexibility index (Phi) is 0.990. The van der Waals surface area contributed by atoms with E-state index in [9.17, 15) is 4.79 Å². The van der Waals surface area contributed by atoms with Crippen LogP contribution >= 0.6 is 0 Å². The topological polar surface area (TPSA) is 35.5 Å². The lowest BCUT2D eigenvalue weighted by molar-refractivity contribution is -0.158. The monoisotopic (exact) mass is 128 g/mol. The van der Waals surface area contributed by atoms with Crippen molar-refractivity contribution in [2.75, 3.05) is 6.61 Å². The largest absolute Gasteiger partial charge is 0.435 e. The standard InChI is InChI=1S/C6H8O3/c7-5-3-4-1-2-8-6(4)9-5/h4,6H,1-3H2. The van der Waals surface area contributed by atoms with Gasteiger partial charge in [-0.15, -0.1) is 0 Å². The quantitative estimate of drug-likeness (QED) is 0.440. The normalized spacial score (nSPS) is 40.7. The molecule has 0 N–H and O–H groups in total. The van der Waals surface area contributed by atoms with Crippen molar-refractivity contribution >= 4 is 5.97 Å². The van der Waals surface area contributed by atoms with E-state index in [0.717, 1.165) is 13.0 Å². The van der Waals surface area contributed by atoms with Gasteiger partial charge in [0, 0.05) is 5.92 Å². The maximum absolute atomic E-state index is 10.6. The summed E-state index contributed by atoms with van der Waals surface area (Å²) in [6.07, 6.45) is 1.35. The first-order valence-electron chi connectivity index (χ1n) is 3.17. The second-order valence-corrected chi connectivity index (χ2v) is 2.48. The van der Waals surface area contributed by atoms with E-state index in [4.69, 9.17) is 9.47 Å². The first-order valence-corrected chi connectivity index (χ1v) is 3.17. The molecule has 2 saturated heterocycles. The van der Waals surface area contributed by atoms with Crippen LogP contribution in [-0.4, -0.2) is 18.9 Å². The Morgan fingerprint density at radius 2 is 2.44 bits per heavy atom. The van der Waals surface area contributed by atoms with Gasteiger partial charge >= 0.3 is 5.97 Å². The maximum Gasteiger partial charge on any atom is 0.308 e. The van der Waals surface area contributed by atoms with E-state index in [1.165, 1.54) is 0 Å². The van der Waals surface area contributed by atoms with Crippen molar-refractivity contribution < 1.29 is 14.3 Å². The van der Waals surface area contributed by atoms with E-state index in [-0.39, 0.29) is 12.3 Å². The predicted molar refractivity (Wildman–Crippen MR) is 28.6 cm³/mol. The summed E-state index contributed by atoms with van der Waals surface area (Å²) in [7, 11) is 0. The molecule has 0 spiro atoms. The summed E-state index contributed by atoms with van der Waals surface area (Å²) >= 11 is 0. The molecule has 2 aliphatic heterocycles. The fraction of sp³-hybridized carbons (Fsp3) is 0.833. The molecule has 0 bridgehead atoms. The van der Waals surface area contributed by atoms with Crippen molar-refractivity contribution in [3.05, 3.63) is 0 Å². The summed E-state index contributed by atoms with van der Waals surface area (Å²) in [4.78, 5) is 10.6. The highest BCUT2D eigenvalue weighted by molar-refractivity contribution is 5.71. The molecule has 0 radical (unpaired) electrons. The zero-order valence-electron chi connectivity index (χ0n) is 5.00. The molecule has 3 nitrogen and oxygen atoms in total. The van der Waals surface area contributed by atoms with Gasteiger partial charge in [0.05, 0.1) is 13.0 Å². The fourth-order valence-corrected chi connectivity index (χ4v) is 1.33. The highest BCUT2D eigenvalue weighted by Gasteiger charge is 2.39. The minimum Gasteiger partial charge on any atom is -0.435 e.